The van der Waals surface area contributed by atoms with Gasteiger partial charge < -0.3 is 15.2 Å². The van der Waals surface area contributed by atoms with Gasteiger partial charge >= 0.3 is 0 Å². The number of aryl methyl sites for hydroxylation is 2. The molecule has 0 radical (unpaired) electrons. The summed E-state index contributed by atoms with van der Waals surface area (Å²) < 4.78 is 9.06. The maximum absolute atomic E-state index is 13.0. The van der Waals surface area contributed by atoms with Gasteiger partial charge in [0.2, 0.25) is 5.75 Å². The van der Waals surface area contributed by atoms with Gasteiger partial charge in [-0.15, -0.1) is 0 Å². The molecule has 166 valence electrons. The summed E-state index contributed by atoms with van der Waals surface area (Å²) in [6.45, 7) is 4.53. The summed E-state index contributed by atoms with van der Waals surface area (Å²) in [5.74, 6) is 0.547. The molecule has 10 heteroatoms. The van der Waals surface area contributed by atoms with Crippen molar-refractivity contribution in [3.05, 3.63) is 63.3 Å². The van der Waals surface area contributed by atoms with Crippen LogP contribution >= 0.6 is 0 Å². The van der Waals surface area contributed by atoms with Crippen molar-refractivity contribution in [2.24, 2.45) is 0 Å². The first-order valence-electron chi connectivity index (χ1n) is 10.6. The Hall–Kier alpha value is -3.53. The van der Waals surface area contributed by atoms with Crippen molar-refractivity contribution in [3.8, 4) is 11.4 Å². The van der Waals surface area contributed by atoms with Gasteiger partial charge in [-0.1, -0.05) is 18.2 Å². The van der Waals surface area contributed by atoms with Crippen LogP contribution in [0.3, 0.4) is 0 Å². The zero-order valence-corrected chi connectivity index (χ0v) is 18.0. The fraction of sp³-hybridized carbons (Fsp3) is 0.409. The lowest BCUT2D eigenvalue weighted by molar-refractivity contribution is -0.134. The Balaban J connectivity index is 1.44. The maximum atomic E-state index is 13.0. The summed E-state index contributed by atoms with van der Waals surface area (Å²) in [7, 11) is 0. The monoisotopic (exact) mass is 436 g/mol. The summed E-state index contributed by atoms with van der Waals surface area (Å²) >= 11 is 0. The average Bonchev–Trinajstić information content (AvgIpc) is 3.10. The van der Waals surface area contributed by atoms with Gasteiger partial charge in [-0.3, -0.25) is 14.2 Å². The van der Waals surface area contributed by atoms with Crippen LogP contribution in [0.4, 0.5) is 0 Å². The van der Waals surface area contributed by atoms with Crippen molar-refractivity contribution < 1.29 is 14.6 Å². The smallest absolute Gasteiger partial charge is 0.296 e. The molecule has 1 fully saturated rings. The highest BCUT2D eigenvalue weighted by Crippen LogP contribution is 2.45. The van der Waals surface area contributed by atoms with E-state index in [0.717, 1.165) is 36.3 Å². The number of hydrogen-bond donors (Lipinski definition) is 2. The number of para-hydroxylation sites is 1. The highest BCUT2D eigenvalue weighted by molar-refractivity contribution is 5.94. The van der Waals surface area contributed by atoms with E-state index in [1.165, 1.54) is 4.57 Å². The summed E-state index contributed by atoms with van der Waals surface area (Å²) in [6, 6.07) is 7.51. The second-order valence-electron chi connectivity index (χ2n) is 8.22. The molecule has 3 aromatic rings. The number of aromatic nitrogens is 5. The number of fused-ring (bicyclic) bond motifs is 2. The molecule has 2 aliphatic rings. The molecular weight excluding hydrogens is 412 g/mol. The molecule has 1 amide bonds. The van der Waals surface area contributed by atoms with E-state index in [0.29, 0.717) is 24.8 Å². The van der Waals surface area contributed by atoms with Gasteiger partial charge in [-0.25, -0.2) is 14.6 Å². The van der Waals surface area contributed by atoms with Crippen molar-refractivity contribution in [2.75, 3.05) is 6.61 Å². The van der Waals surface area contributed by atoms with Crippen LogP contribution < -0.4 is 10.9 Å². The first-order valence-corrected chi connectivity index (χ1v) is 10.6. The SMILES string of the molecule is Cc1nc(C)n(-c2ccccc2CNC(=O)c2nc3n(c(=O)c2O)CCOC32CCC2)n1. The summed E-state index contributed by atoms with van der Waals surface area (Å²) in [5.41, 5.74) is 0.0826. The lowest BCUT2D eigenvalue weighted by Gasteiger charge is -2.44. The molecule has 0 atom stereocenters. The van der Waals surface area contributed by atoms with Crippen molar-refractivity contribution >= 4 is 5.91 Å². The first kappa shape index (κ1) is 20.4. The third-order valence-corrected chi connectivity index (χ3v) is 6.16. The fourth-order valence-electron chi connectivity index (χ4n) is 4.40. The van der Waals surface area contributed by atoms with Crippen molar-refractivity contribution in [1.29, 1.82) is 0 Å². The van der Waals surface area contributed by atoms with Gasteiger partial charge in [0, 0.05) is 6.54 Å². The number of ether oxygens (including phenoxy) is 1. The van der Waals surface area contributed by atoms with E-state index in [4.69, 9.17) is 4.74 Å². The highest BCUT2D eigenvalue weighted by atomic mass is 16.5. The lowest BCUT2D eigenvalue weighted by Crippen LogP contribution is -2.49. The van der Waals surface area contributed by atoms with Crippen molar-refractivity contribution in [1.82, 2.24) is 29.6 Å². The van der Waals surface area contributed by atoms with Gasteiger partial charge in [0.05, 0.1) is 18.8 Å². The van der Waals surface area contributed by atoms with Crippen LogP contribution in [0.5, 0.6) is 5.75 Å². The zero-order chi connectivity index (χ0) is 22.5. The third kappa shape index (κ3) is 3.18. The molecule has 0 unspecified atom stereocenters. The van der Waals surface area contributed by atoms with Gasteiger partial charge in [-0.2, -0.15) is 5.10 Å². The first-order chi connectivity index (χ1) is 15.4. The summed E-state index contributed by atoms with van der Waals surface area (Å²) in [6.07, 6.45) is 2.46. The number of benzene rings is 1. The molecule has 32 heavy (non-hydrogen) atoms. The Bertz CT molecular complexity index is 1270. The summed E-state index contributed by atoms with van der Waals surface area (Å²) in [5, 5.41) is 17.6. The van der Waals surface area contributed by atoms with E-state index in [2.05, 4.69) is 20.4 Å². The van der Waals surface area contributed by atoms with Gasteiger partial charge in [0.15, 0.2) is 5.69 Å². The molecule has 1 aliphatic heterocycles. The minimum atomic E-state index is -0.640. The van der Waals surface area contributed by atoms with E-state index < -0.39 is 22.8 Å². The van der Waals surface area contributed by atoms with E-state index in [9.17, 15) is 14.7 Å². The van der Waals surface area contributed by atoms with Gasteiger partial charge in [0.25, 0.3) is 11.5 Å². The highest BCUT2D eigenvalue weighted by Gasteiger charge is 2.46. The fourth-order valence-corrected chi connectivity index (χ4v) is 4.40. The Morgan fingerprint density at radius 2 is 2.03 bits per heavy atom. The van der Waals surface area contributed by atoms with Gasteiger partial charge in [-0.05, 0) is 44.7 Å². The van der Waals surface area contributed by atoms with Crippen LogP contribution in [0.2, 0.25) is 0 Å². The number of hydrogen-bond acceptors (Lipinski definition) is 7. The predicted octanol–water partition coefficient (Wildman–Crippen LogP) is 1.49. The Kier molecular flexibility index (Phi) is 4.81. The molecule has 0 saturated heterocycles. The normalized spacial score (nSPS) is 16.4. The predicted molar refractivity (Wildman–Crippen MR) is 114 cm³/mol. The number of rotatable bonds is 4. The van der Waals surface area contributed by atoms with E-state index in [-0.39, 0.29) is 12.2 Å². The maximum Gasteiger partial charge on any atom is 0.296 e. The van der Waals surface area contributed by atoms with E-state index in [1.807, 2.05) is 38.1 Å². The average molecular weight is 436 g/mol. The molecule has 1 saturated carbocycles. The molecule has 2 aromatic heterocycles. The molecule has 2 N–H and O–H groups in total. The second-order valence-corrected chi connectivity index (χ2v) is 8.22. The number of nitrogens with zero attached hydrogens (tertiary/aromatic N) is 5. The molecule has 3 heterocycles. The standard InChI is InChI=1S/C22H24N6O4/c1-13-24-14(2)28(26-13)16-7-4-3-6-15(16)12-23-19(30)17-18(29)20(31)27-10-11-32-22(8-5-9-22)21(27)25-17/h3-4,6-7,29H,5,8-12H2,1-2H3,(H,23,30). The quantitative estimate of drug-likeness (QED) is 0.635. The van der Waals surface area contributed by atoms with E-state index in [1.54, 1.807) is 4.68 Å². The molecular formula is C22H24N6O4. The number of carbonyl (C=O) groups excluding carboxylic acids is 1. The molecule has 1 aromatic carbocycles. The van der Waals surface area contributed by atoms with Crippen LogP contribution in [-0.2, 0) is 23.4 Å². The van der Waals surface area contributed by atoms with Gasteiger partial charge in [0.1, 0.15) is 23.1 Å². The Labute approximate surface area is 183 Å². The molecule has 1 aliphatic carbocycles. The summed E-state index contributed by atoms with van der Waals surface area (Å²) in [4.78, 5) is 34.4. The van der Waals surface area contributed by atoms with Crippen LogP contribution in [-0.4, -0.2) is 41.9 Å². The molecule has 0 bridgehead atoms. The van der Waals surface area contributed by atoms with Crippen LogP contribution in [0.1, 0.15) is 52.8 Å². The minimum Gasteiger partial charge on any atom is -0.501 e. The Morgan fingerprint density at radius 3 is 2.72 bits per heavy atom. The zero-order valence-electron chi connectivity index (χ0n) is 18.0. The second kappa shape index (κ2) is 7.56. The number of nitrogens with one attached hydrogen (secondary N) is 1. The van der Waals surface area contributed by atoms with Crippen molar-refractivity contribution in [3.63, 3.8) is 0 Å². The molecule has 5 rings (SSSR count). The minimum absolute atomic E-state index is 0.161. The number of amides is 1. The van der Waals surface area contributed by atoms with Crippen LogP contribution in [0.15, 0.2) is 29.1 Å². The van der Waals surface area contributed by atoms with Crippen LogP contribution in [0.25, 0.3) is 5.69 Å². The third-order valence-electron chi connectivity index (χ3n) is 6.16. The van der Waals surface area contributed by atoms with E-state index >= 15 is 0 Å². The topological polar surface area (TPSA) is 124 Å². The molecule has 10 nitrogen and oxygen atoms in total. The van der Waals surface area contributed by atoms with Crippen molar-refractivity contribution in [2.45, 2.75) is 51.8 Å². The lowest BCUT2D eigenvalue weighted by atomic mass is 9.78. The Morgan fingerprint density at radius 1 is 1.25 bits per heavy atom. The number of carbonyl (C=O) groups is 1. The number of aromatic hydroxyl groups is 1. The molecule has 1 spiro atoms. The largest absolute Gasteiger partial charge is 0.501 e. The van der Waals surface area contributed by atoms with Crippen LogP contribution in [0, 0.1) is 13.8 Å².